The number of hydroxylamine groups is 2. The summed E-state index contributed by atoms with van der Waals surface area (Å²) >= 11 is 1.90. The number of benzene rings is 1. The Labute approximate surface area is 138 Å². The molecule has 0 spiro atoms. The summed E-state index contributed by atoms with van der Waals surface area (Å²) < 4.78 is 0. The van der Waals surface area contributed by atoms with E-state index in [9.17, 15) is 4.79 Å². The summed E-state index contributed by atoms with van der Waals surface area (Å²) in [4.78, 5) is 17.9. The molecule has 0 fully saturated rings. The standard InChI is InChI=1S/C17H28N2O2S/c1-5-6-7-8-9-12-22-16-11-10-15(13-14(16)2)18-17(20)19(3)21-4/h10-11,13H,5-9,12H2,1-4H3,(H,18,20). The molecule has 2 amide bonds. The number of hydrogen-bond donors (Lipinski definition) is 1. The number of hydrogen-bond acceptors (Lipinski definition) is 3. The largest absolute Gasteiger partial charge is 0.345 e. The van der Waals surface area contributed by atoms with Gasteiger partial charge < -0.3 is 5.32 Å². The molecule has 0 aliphatic heterocycles. The Hall–Kier alpha value is -1.20. The van der Waals surface area contributed by atoms with Crippen LogP contribution in [0.15, 0.2) is 23.1 Å². The minimum absolute atomic E-state index is 0.279. The highest BCUT2D eigenvalue weighted by atomic mass is 32.2. The lowest BCUT2D eigenvalue weighted by Gasteiger charge is -2.15. The maximum atomic E-state index is 11.7. The third-order valence-electron chi connectivity index (χ3n) is 3.49. The van der Waals surface area contributed by atoms with Crippen LogP contribution in [0.4, 0.5) is 10.5 Å². The van der Waals surface area contributed by atoms with Crippen molar-refractivity contribution in [3.63, 3.8) is 0 Å². The van der Waals surface area contributed by atoms with E-state index in [-0.39, 0.29) is 6.03 Å². The Balaban J connectivity index is 2.43. The van der Waals surface area contributed by atoms with E-state index in [1.807, 2.05) is 23.9 Å². The number of nitrogens with zero attached hydrogens (tertiary/aromatic N) is 1. The van der Waals surface area contributed by atoms with Crippen LogP contribution in [0.25, 0.3) is 0 Å². The van der Waals surface area contributed by atoms with E-state index in [2.05, 4.69) is 25.2 Å². The SMILES string of the molecule is CCCCCCCSc1ccc(NC(=O)N(C)OC)cc1C. The van der Waals surface area contributed by atoms with Gasteiger partial charge in [-0.25, -0.2) is 9.86 Å². The molecule has 1 aromatic rings. The van der Waals surface area contributed by atoms with Gasteiger partial charge in [0, 0.05) is 17.6 Å². The van der Waals surface area contributed by atoms with Crippen LogP contribution in [0.3, 0.4) is 0 Å². The van der Waals surface area contributed by atoms with Crippen molar-refractivity contribution in [3.05, 3.63) is 23.8 Å². The van der Waals surface area contributed by atoms with Crippen LogP contribution in [-0.2, 0) is 4.84 Å². The molecular formula is C17H28N2O2S. The first-order chi connectivity index (χ1) is 10.6. The molecule has 0 aliphatic carbocycles. The average Bonchev–Trinajstić information content (AvgIpc) is 2.51. The molecule has 22 heavy (non-hydrogen) atoms. The highest BCUT2D eigenvalue weighted by molar-refractivity contribution is 7.99. The topological polar surface area (TPSA) is 41.6 Å². The number of carbonyl (C=O) groups excluding carboxylic acids is 1. The molecule has 4 nitrogen and oxygen atoms in total. The highest BCUT2D eigenvalue weighted by Crippen LogP contribution is 2.26. The Morgan fingerprint density at radius 2 is 2.00 bits per heavy atom. The quantitative estimate of drug-likeness (QED) is 0.391. The molecule has 5 heteroatoms. The molecule has 0 saturated carbocycles. The lowest BCUT2D eigenvalue weighted by molar-refractivity contribution is -0.0598. The van der Waals surface area contributed by atoms with Crippen LogP contribution in [0.2, 0.25) is 0 Å². The monoisotopic (exact) mass is 324 g/mol. The molecule has 0 radical (unpaired) electrons. The molecule has 0 saturated heterocycles. The van der Waals surface area contributed by atoms with Gasteiger partial charge in [0.15, 0.2) is 0 Å². The molecule has 124 valence electrons. The van der Waals surface area contributed by atoms with Gasteiger partial charge in [0.05, 0.1) is 7.11 Å². The summed E-state index contributed by atoms with van der Waals surface area (Å²) in [6, 6.07) is 5.74. The molecular weight excluding hydrogens is 296 g/mol. The van der Waals surface area contributed by atoms with Gasteiger partial charge in [0.25, 0.3) is 0 Å². The van der Waals surface area contributed by atoms with Gasteiger partial charge >= 0.3 is 6.03 Å². The first-order valence-electron chi connectivity index (χ1n) is 7.90. The van der Waals surface area contributed by atoms with E-state index in [0.29, 0.717) is 0 Å². The zero-order valence-corrected chi connectivity index (χ0v) is 15.0. The van der Waals surface area contributed by atoms with Gasteiger partial charge in [0.2, 0.25) is 0 Å². The van der Waals surface area contributed by atoms with Crippen molar-refractivity contribution >= 4 is 23.5 Å². The van der Waals surface area contributed by atoms with E-state index in [1.54, 1.807) is 7.05 Å². The van der Waals surface area contributed by atoms with Crippen molar-refractivity contribution in [3.8, 4) is 0 Å². The normalized spacial score (nSPS) is 10.5. The van der Waals surface area contributed by atoms with Crippen molar-refractivity contribution in [2.45, 2.75) is 50.8 Å². The second-order valence-electron chi connectivity index (χ2n) is 5.35. The second-order valence-corrected chi connectivity index (χ2v) is 6.49. The Morgan fingerprint density at radius 1 is 1.27 bits per heavy atom. The van der Waals surface area contributed by atoms with Gasteiger partial charge in [-0.2, -0.15) is 0 Å². The van der Waals surface area contributed by atoms with Gasteiger partial charge in [-0.3, -0.25) is 4.84 Å². The fraction of sp³-hybridized carbons (Fsp3) is 0.588. The minimum atomic E-state index is -0.279. The minimum Gasteiger partial charge on any atom is -0.306 e. The number of amides is 2. The zero-order valence-electron chi connectivity index (χ0n) is 14.1. The molecule has 0 unspecified atom stereocenters. The molecule has 0 bridgehead atoms. The van der Waals surface area contributed by atoms with E-state index in [0.717, 1.165) is 16.5 Å². The maximum absolute atomic E-state index is 11.7. The third-order valence-corrected chi connectivity index (χ3v) is 4.75. The Bertz CT molecular complexity index is 466. The predicted octanol–water partition coefficient (Wildman–Crippen LogP) is 5.08. The summed E-state index contributed by atoms with van der Waals surface area (Å²) in [5.41, 5.74) is 1.98. The Morgan fingerprint density at radius 3 is 2.64 bits per heavy atom. The molecule has 0 aromatic heterocycles. The van der Waals surface area contributed by atoms with Gasteiger partial charge in [0.1, 0.15) is 0 Å². The van der Waals surface area contributed by atoms with Crippen molar-refractivity contribution in [2.24, 2.45) is 0 Å². The van der Waals surface area contributed by atoms with Crippen LogP contribution in [0, 0.1) is 6.92 Å². The number of aryl methyl sites for hydroxylation is 1. The fourth-order valence-corrected chi connectivity index (χ4v) is 3.08. The van der Waals surface area contributed by atoms with Crippen LogP contribution in [0.1, 0.15) is 44.6 Å². The molecule has 1 rings (SSSR count). The molecule has 0 aliphatic rings. The number of anilines is 1. The number of thioether (sulfide) groups is 1. The first kappa shape index (κ1) is 18.8. The third kappa shape index (κ3) is 6.71. The summed E-state index contributed by atoms with van der Waals surface area (Å²) in [6.45, 7) is 4.32. The number of nitrogens with one attached hydrogen (secondary N) is 1. The molecule has 1 aromatic carbocycles. The van der Waals surface area contributed by atoms with Crippen LogP contribution in [0.5, 0.6) is 0 Å². The van der Waals surface area contributed by atoms with Crippen molar-refractivity contribution in [2.75, 3.05) is 25.2 Å². The van der Waals surface area contributed by atoms with E-state index in [4.69, 9.17) is 4.84 Å². The summed E-state index contributed by atoms with van der Waals surface area (Å²) in [5.74, 6) is 1.16. The molecule has 1 N–H and O–H groups in total. The van der Waals surface area contributed by atoms with Crippen LogP contribution >= 0.6 is 11.8 Å². The number of urea groups is 1. The summed E-state index contributed by atoms with van der Waals surface area (Å²) in [7, 11) is 3.04. The fourth-order valence-electron chi connectivity index (χ4n) is 2.06. The lowest BCUT2D eigenvalue weighted by Crippen LogP contribution is -2.30. The number of carbonyl (C=O) groups is 1. The highest BCUT2D eigenvalue weighted by Gasteiger charge is 2.08. The van der Waals surface area contributed by atoms with Crippen molar-refractivity contribution in [1.82, 2.24) is 5.06 Å². The second kappa shape index (κ2) is 10.5. The summed E-state index contributed by atoms with van der Waals surface area (Å²) in [6.07, 6.45) is 6.55. The first-order valence-corrected chi connectivity index (χ1v) is 8.89. The van der Waals surface area contributed by atoms with Crippen LogP contribution < -0.4 is 5.32 Å². The zero-order chi connectivity index (χ0) is 16.4. The van der Waals surface area contributed by atoms with Crippen molar-refractivity contribution < 1.29 is 9.63 Å². The van der Waals surface area contributed by atoms with E-state index >= 15 is 0 Å². The molecule has 0 atom stereocenters. The number of rotatable bonds is 9. The van der Waals surface area contributed by atoms with Crippen LogP contribution in [-0.4, -0.2) is 31.0 Å². The van der Waals surface area contributed by atoms with E-state index < -0.39 is 0 Å². The number of unbranched alkanes of at least 4 members (excludes halogenated alkanes) is 4. The maximum Gasteiger partial charge on any atom is 0.345 e. The molecule has 0 heterocycles. The van der Waals surface area contributed by atoms with E-state index in [1.165, 1.54) is 49.7 Å². The van der Waals surface area contributed by atoms with Gasteiger partial charge in [-0.05, 0) is 42.9 Å². The van der Waals surface area contributed by atoms with Gasteiger partial charge in [-0.15, -0.1) is 11.8 Å². The smallest absolute Gasteiger partial charge is 0.306 e. The van der Waals surface area contributed by atoms with Gasteiger partial charge in [-0.1, -0.05) is 32.6 Å². The van der Waals surface area contributed by atoms with Crippen molar-refractivity contribution in [1.29, 1.82) is 0 Å². The predicted molar refractivity (Wildman–Crippen MR) is 94.5 cm³/mol. The lowest BCUT2D eigenvalue weighted by atomic mass is 10.2. The average molecular weight is 324 g/mol. The summed E-state index contributed by atoms with van der Waals surface area (Å²) in [5, 5.41) is 3.96. The Kier molecular flexibility index (Phi) is 9.01.